The SMILES string of the molecule is CCCC1(C)[C](=[Ge]([CH3])[CH3])C2=C(C=CC=CC2C)[C]1(C1=CC=CC1)[Hf]([Cl])[Cl]. The van der Waals surface area contributed by atoms with Gasteiger partial charge in [-0.05, 0) is 0 Å². The number of hydrogen-bond donors (Lipinski definition) is 0. The van der Waals surface area contributed by atoms with Crippen LogP contribution in [0.2, 0.25) is 14.7 Å². The molecule has 3 aliphatic carbocycles. The molecular weight excluding hydrogens is 586 g/mol. The molecule has 0 radical (unpaired) electrons. The van der Waals surface area contributed by atoms with Crippen LogP contribution in [-0.4, -0.2) is 18.3 Å². The second-order valence-electron chi connectivity index (χ2n) is 8.15. The Labute approximate surface area is 178 Å². The summed E-state index contributed by atoms with van der Waals surface area (Å²) < 4.78 is 1.67. The first-order chi connectivity index (χ1) is 12.3. The molecule has 139 valence electrons. The van der Waals surface area contributed by atoms with Crippen LogP contribution >= 0.6 is 17.2 Å². The normalized spacial score (nSPS) is 32.8. The number of halogens is 2. The van der Waals surface area contributed by atoms with Gasteiger partial charge >= 0.3 is 180 Å². The van der Waals surface area contributed by atoms with Gasteiger partial charge in [-0.25, -0.2) is 0 Å². The molecule has 26 heavy (non-hydrogen) atoms. The Bertz CT molecular complexity index is 780. The van der Waals surface area contributed by atoms with E-state index in [-0.39, 0.29) is 8.59 Å². The molecule has 0 spiro atoms. The first kappa shape index (κ1) is 21.3. The maximum atomic E-state index is 7.16. The molecule has 0 aliphatic heterocycles. The van der Waals surface area contributed by atoms with Crippen LogP contribution in [0.1, 0.15) is 40.0 Å². The van der Waals surface area contributed by atoms with E-state index in [1.165, 1.54) is 24.0 Å². The van der Waals surface area contributed by atoms with Gasteiger partial charge in [-0.1, -0.05) is 0 Å². The second-order valence-corrected chi connectivity index (χ2v) is 25.7. The first-order valence-electron chi connectivity index (χ1n) is 9.64. The van der Waals surface area contributed by atoms with E-state index in [1.807, 2.05) is 0 Å². The van der Waals surface area contributed by atoms with Crippen molar-refractivity contribution in [1.82, 2.24) is 0 Å². The molecule has 4 heteroatoms. The van der Waals surface area contributed by atoms with Crippen molar-refractivity contribution in [2.75, 3.05) is 0 Å². The summed E-state index contributed by atoms with van der Waals surface area (Å²) in [4.78, 5) is 0. The average molecular weight is 615 g/mol. The van der Waals surface area contributed by atoms with E-state index in [9.17, 15) is 0 Å². The molecule has 3 unspecified atom stereocenters. The molecule has 0 heterocycles. The van der Waals surface area contributed by atoms with Crippen molar-refractivity contribution < 1.29 is 19.1 Å². The van der Waals surface area contributed by atoms with Gasteiger partial charge in [0, 0.05) is 0 Å². The van der Waals surface area contributed by atoms with E-state index in [0.29, 0.717) is 5.92 Å². The van der Waals surface area contributed by atoms with E-state index in [0.717, 1.165) is 6.42 Å². The van der Waals surface area contributed by atoms with E-state index < -0.39 is 33.0 Å². The second kappa shape index (κ2) is 8.13. The summed E-state index contributed by atoms with van der Waals surface area (Å²) in [6.07, 6.45) is 19.3. The van der Waals surface area contributed by atoms with E-state index in [2.05, 4.69) is 74.8 Å². The van der Waals surface area contributed by atoms with Crippen molar-refractivity contribution >= 4 is 35.4 Å². The molecule has 0 aromatic carbocycles. The fourth-order valence-electron chi connectivity index (χ4n) is 5.60. The minimum absolute atomic E-state index is 0.0957. The van der Waals surface area contributed by atoms with Crippen molar-refractivity contribution in [3.05, 3.63) is 59.3 Å². The van der Waals surface area contributed by atoms with Crippen LogP contribution in [0.4, 0.5) is 0 Å². The van der Waals surface area contributed by atoms with E-state index in [1.54, 1.807) is 9.92 Å². The fourth-order valence-corrected chi connectivity index (χ4v) is 23.9. The average Bonchev–Trinajstić information content (AvgIpc) is 3.10. The van der Waals surface area contributed by atoms with Crippen molar-refractivity contribution in [3.63, 3.8) is 0 Å². The number of hydrogen-bond acceptors (Lipinski definition) is 0. The topological polar surface area (TPSA) is 0 Å². The molecular formula is C22H29Cl2GeHf. The maximum absolute atomic E-state index is 7.16. The molecule has 3 aliphatic rings. The third kappa shape index (κ3) is 2.99. The van der Waals surface area contributed by atoms with Crippen LogP contribution in [0.25, 0.3) is 0 Å². The number of allylic oxidation sites excluding steroid dienone is 10. The Morgan fingerprint density at radius 2 is 1.96 bits per heavy atom. The summed E-state index contributed by atoms with van der Waals surface area (Å²) in [7, 11) is 14.3. The van der Waals surface area contributed by atoms with Crippen LogP contribution in [0.5, 0.6) is 0 Å². The summed E-state index contributed by atoms with van der Waals surface area (Å²) >= 11 is -4.30. The molecule has 0 nitrogen and oxygen atoms in total. The van der Waals surface area contributed by atoms with Crippen molar-refractivity contribution in [3.8, 4) is 0 Å². The predicted octanol–water partition coefficient (Wildman–Crippen LogP) is 7.34. The molecule has 3 atom stereocenters. The summed E-state index contributed by atoms with van der Waals surface area (Å²) in [5.41, 5.74) is 4.67. The molecule has 0 saturated carbocycles. The molecule has 0 N–H and O–H groups in total. The molecule has 0 fully saturated rings. The van der Waals surface area contributed by atoms with E-state index >= 15 is 0 Å². The van der Waals surface area contributed by atoms with Crippen molar-refractivity contribution in [1.29, 1.82) is 0 Å². The Hall–Kier alpha value is 0.563. The zero-order valence-corrected chi connectivity index (χ0v) is 23.7. The van der Waals surface area contributed by atoms with Gasteiger partial charge in [-0.3, -0.25) is 0 Å². The first-order valence-corrected chi connectivity index (χ1v) is 25.6. The van der Waals surface area contributed by atoms with Crippen molar-refractivity contribution in [2.24, 2.45) is 11.3 Å². The van der Waals surface area contributed by atoms with Gasteiger partial charge in [-0.15, -0.1) is 0 Å². The van der Waals surface area contributed by atoms with Crippen LogP contribution < -0.4 is 0 Å². The summed E-state index contributed by atoms with van der Waals surface area (Å²) in [6, 6.07) is 0. The third-order valence-electron chi connectivity index (χ3n) is 6.36. The van der Waals surface area contributed by atoms with Crippen LogP contribution in [-0.2, 0) is 19.1 Å². The molecule has 0 saturated heterocycles. The van der Waals surface area contributed by atoms with Gasteiger partial charge in [0.2, 0.25) is 0 Å². The summed E-state index contributed by atoms with van der Waals surface area (Å²) in [6.45, 7) is 7.19. The van der Waals surface area contributed by atoms with Gasteiger partial charge < -0.3 is 0 Å². The summed E-state index contributed by atoms with van der Waals surface area (Å²) in [5, 5.41) is 0. The van der Waals surface area contributed by atoms with Crippen molar-refractivity contribution in [2.45, 2.75) is 54.7 Å². The Balaban J connectivity index is 2.43. The minimum atomic E-state index is -2.95. The van der Waals surface area contributed by atoms with E-state index in [4.69, 9.17) is 17.2 Å². The van der Waals surface area contributed by atoms with Gasteiger partial charge in [0.25, 0.3) is 0 Å². The van der Waals surface area contributed by atoms with Crippen LogP contribution in [0, 0.1) is 11.3 Å². The standard InChI is InChI=1S/C22H29Ge.2ClH.Hf/c1-6-15-22(3)20(17-12-8-9-13-17)18-14-10-7-11-16(2)19(18)21(22)23(4)5;;;/h7-12,14,16H,6,13,15H2,1-5H3;2*1H;/q;;;+2/p-2. The van der Waals surface area contributed by atoms with Crippen LogP contribution in [0.3, 0.4) is 0 Å². The third-order valence-corrected chi connectivity index (χ3v) is 21.0. The zero-order valence-electron chi connectivity index (χ0n) is 16.5. The fraction of sp³-hybridized carbons (Fsp3) is 0.500. The molecule has 0 aromatic rings. The Morgan fingerprint density at radius 1 is 1.23 bits per heavy atom. The Morgan fingerprint density at radius 3 is 2.50 bits per heavy atom. The number of rotatable bonds is 4. The van der Waals surface area contributed by atoms with Gasteiger partial charge in [0.1, 0.15) is 0 Å². The molecule has 0 aromatic heterocycles. The predicted molar refractivity (Wildman–Crippen MR) is 116 cm³/mol. The van der Waals surface area contributed by atoms with Crippen LogP contribution in [0.15, 0.2) is 59.3 Å². The van der Waals surface area contributed by atoms with Gasteiger partial charge in [-0.2, -0.15) is 0 Å². The zero-order chi connectivity index (χ0) is 19.1. The summed E-state index contributed by atoms with van der Waals surface area (Å²) in [5.74, 6) is 5.48. The quantitative estimate of drug-likeness (QED) is 0.291. The monoisotopic (exact) mass is 617 g/mol. The molecule has 0 amide bonds. The molecule has 3 rings (SSSR count). The Kier molecular flexibility index (Phi) is 6.65. The molecule has 0 bridgehead atoms. The van der Waals surface area contributed by atoms with Gasteiger partial charge in [0.05, 0.1) is 0 Å². The van der Waals surface area contributed by atoms with Gasteiger partial charge in [0.15, 0.2) is 0 Å².